The average Bonchev–Trinajstić information content (AvgIpc) is 2.93. The van der Waals surface area contributed by atoms with E-state index in [1.165, 1.54) is 4.68 Å². The first-order valence-electron chi connectivity index (χ1n) is 7.15. The number of rotatable bonds is 5. The Bertz CT molecular complexity index is 687. The topological polar surface area (TPSA) is 84.2 Å². The predicted octanol–water partition coefficient (Wildman–Crippen LogP) is 3.18. The summed E-state index contributed by atoms with van der Waals surface area (Å²) < 4.78 is 1.49. The highest BCUT2D eigenvalue weighted by atomic mass is 16.4. The number of carbonyl (C=O) groups excluding carboxylic acids is 1. The lowest BCUT2D eigenvalue weighted by molar-refractivity contribution is -0.115. The lowest BCUT2D eigenvalue weighted by Gasteiger charge is -2.07. The molecule has 0 aliphatic carbocycles. The maximum atomic E-state index is 11.3. The molecule has 1 heterocycles. The number of hydrogen-bond donors (Lipinski definition) is 2. The first-order valence-corrected chi connectivity index (χ1v) is 7.15. The van der Waals surface area contributed by atoms with Crippen LogP contribution in [-0.4, -0.2) is 26.8 Å². The van der Waals surface area contributed by atoms with Crippen LogP contribution in [0.1, 0.15) is 43.7 Å². The van der Waals surface area contributed by atoms with Crippen molar-refractivity contribution >= 4 is 17.6 Å². The lowest BCUT2D eigenvalue weighted by atomic mass is 10.1. The molecule has 0 saturated carbocycles. The third kappa shape index (κ3) is 3.33. The van der Waals surface area contributed by atoms with Gasteiger partial charge in [0.1, 0.15) is 5.69 Å². The number of anilines is 1. The Labute approximate surface area is 128 Å². The van der Waals surface area contributed by atoms with Crippen LogP contribution in [0.2, 0.25) is 0 Å². The van der Waals surface area contributed by atoms with Crippen LogP contribution in [-0.2, 0) is 4.79 Å². The smallest absolute Gasteiger partial charge is 0.354 e. The molecule has 1 amide bonds. The molecule has 0 radical (unpaired) electrons. The van der Waals surface area contributed by atoms with Crippen LogP contribution < -0.4 is 5.32 Å². The van der Waals surface area contributed by atoms with Gasteiger partial charge in [0.15, 0.2) is 0 Å². The molecule has 0 aliphatic heterocycles. The minimum Gasteiger partial charge on any atom is -0.477 e. The number of benzene rings is 1. The van der Waals surface area contributed by atoms with Crippen molar-refractivity contribution in [1.29, 1.82) is 0 Å². The van der Waals surface area contributed by atoms with Crippen LogP contribution in [0.15, 0.2) is 30.3 Å². The second kappa shape index (κ2) is 6.43. The van der Waals surface area contributed by atoms with Crippen molar-refractivity contribution in [3.05, 3.63) is 36.0 Å². The molecule has 1 aromatic carbocycles. The molecule has 0 spiro atoms. The van der Waals surface area contributed by atoms with Gasteiger partial charge < -0.3 is 10.4 Å². The number of nitrogens with one attached hydrogen (secondary N) is 1. The molecule has 116 valence electrons. The van der Waals surface area contributed by atoms with Crippen LogP contribution in [0.4, 0.5) is 5.69 Å². The van der Waals surface area contributed by atoms with E-state index in [9.17, 15) is 14.7 Å². The second-order valence-corrected chi connectivity index (χ2v) is 5.24. The van der Waals surface area contributed by atoms with Gasteiger partial charge in [-0.2, -0.15) is 5.10 Å². The van der Waals surface area contributed by atoms with Crippen molar-refractivity contribution in [2.45, 2.75) is 33.2 Å². The first-order chi connectivity index (χ1) is 10.4. The van der Waals surface area contributed by atoms with Crippen molar-refractivity contribution in [1.82, 2.24) is 9.78 Å². The molecular formula is C16H19N3O3. The Balaban J connectivity index is 2.30. The molecular weight excluding hydrogens is 282 g/mol. The van der Waals surface area contributed by atoms with E-state index in [1.807, 2.05) is 26.0 Å². The van der Waals surface area contributed by atoms with E-state index in [2.05, 4.69) is 10.4 Å². The van der Waals surface area contributed by atoms with Crippen molar-refractivity contribution in [3.63, 3.8) is 0 Å². The van der Waals surface area contributed by atoms with E-state index in [0.717, 1.165) is 5.56 Å². The van der Waals surface area contributed by atoms with Gasteiger partial charge in [0.25, 0.3) is 0 Å². The third-order valence-corrected chi connectivity index (χ3v) is 3.23. The third-order valence-electron chi connectivity index (χ3n) is 3.23. The van der Waals surface area contributed by atoms with Crippen molar-refractivity contribution < 1.29 is 14.7 Å². The van der Waals surface area contributed by atoms with Crippen molar-refractivity contribution in [2.75, 3.05) is 5.32 Å². The van der Waals surface area contributed by atoms with E-state index < -0.39 is 5.97 Å². The summed E-state index contributed by atoms with van der Waals surface area (Å²) in [5, 5.41) is 16.4. The fourth-order valence-corrected chi connectivity index (χ4v) is 2.06. The van der Waals surface area contributed by atoms with Crippen molar-refractivity contribution in [3.8, 4) is 11.3 Å². The lowest BCUT2D eigenvalue weighted by Crippen LogP contribution is -2.11. The van der Waals surface area contributed by atoms with Crippen LogP contribution in [0.3, 0.4) is 0 Å². The minimum atomic E-state index is -1.00. The van der Waals surface area contributed by atoms with Gasteiger partial charge in [-0.15, -0.1) is 0 Å². The molecule has 2 rings (SSSR count). The molecule has 0 atom stereocenters. The van der Waals surface area contributed by atoms with Gasteiger partial charge >= 0.3 is 5.97 Å². The van der Waals surface area contributed by atoms with Gasteiger partial charge in [-0.3, -0.25) is 9.48 Å². The summed E-state index contributed by atoms with van der Waals surface area (Å²) in [6, 6.07) is 8.69. The van der Waals surface area contributed by atoms with E-state index in [1.54, 1.807) is 25.1 Å². The Morgan fingerprint density at radius 2 is 1.91 bits per heavy atom. The maximum Gasteiger partial charge on any atom is 0.354 e. The van der Waals surface area contributed by atoms with Gasteiger partial charge in [0.2, 0.25) is 5.91 Å². The summed E-state index contributed by atoms with van der Waals surface area (Å²) in [4.78, 5) is 22.6. The molecule has 0 fully saturated rings. The number of carboxylic acid groups (broad SMARTS) is 1. The molecule has 0 aliphatic rings. The van der Waals surface area contributed by atoms with Crippen molar-refractivity contribution in [2.24, 2.45) is 0 Å². The van der Waals surface area contributed by atoms with Crippen LogP contribution in [0, 0.1) is 0 Å². The van der Waals surface area contributed by atoms with Crippen LogP contribution in [0.25, 0.3) is 11.3 Å². The van der Waals surface area contributed by atoms with E-state index in [-0.39, 0.29) is 17.6 Å². The highest BCUT2D eigenvalue weighted by molar-refractivity contribution is 5.91. The SMILES string of the molecule is CCC(=O)Nc1ccc(-c2cc(C(=O)O)n(C(C)C)n2)cc1. The fraction of sp³-hybridized carbons (Fsp3) is 0.312. The molecule has 0 unspecified atom stereocenters. The Morgan fingerprint density at radius 3 is 2.36 bits per heavy atom. The summed E-state index contributed by atoms with van der Waals surface area (Å²) in [6.45, 7) is 5.55. The zero-order valence-corrected chi connectivity index (χ0v) is 12.8. The van der Waals surface area contributed by atoms with Gasteiger partial charge in [-0.25, -0.2) is 4.79 Å². The number of amides is 1. The van der Waals surface area contributed by atoms with E-state index >= 15 is 0 Å². The fourth-order valence-electron chi connectivity index (χ4n) is 2.06. The summed E-state index contributed by atoms with van der Waals surface area (Å²) in [5.74, 6) is -1.05. The number of aromatic nitrogens is 2. The largest absolute Gasteiger partial charge is 0.477 e. The molecule has 6 nitrogen and oxygen atoms in total. The molecule has 22 heavy (non-hydrogen) atoms. The van der Waals surface area contributed by atoms with Gasteiger partial charge in [-0.1, -0.05) is 19.1 Å². The van der Waals surface area contributed by atoms with E-state index in [0.29, 0.717) is 17.8 Å². The van der Waals surface area contributed by atoms with Crippen LogP contribution in [0.5, 0.6) is 0 Å². The molecule has 2 N–H and O–H groups in total. The molecule has 6 heteroatoms. The first kappa shape index (κ1) is 15.8. The number of nitrogens with zero attached hydrogens (tertiary/aromatic N) is 2. The minimum absolute atomic E-state index is 0.0389. The van der Waals surface area contributed by atoms with Gasteiger partial charge in [-0.05, 0) is 32.0 Å². The standard InChI is InChI=1S/C16H19N3O3/c1-4-15(20)17-12-7-5-11(6-8-12)13-9-14(16(21)22)19(18-13)10(2)3/h5-10H,4H2,1-3H3,(H,17,20)(H,21,22). The number of hydrogen-bond acceptors (Lipinski definition) is 3. The molecule has 2 aromatic rings. The summed E-state index contributed by atoms with van der Waals surface area (Å²) in [6.07, 6.45) is 0.419. The van der Waals surface area contributed by atoms with Gasteiger partial charge in [0.05, 0.1) is 5.69 Å². The Morgan fingerprint density at radius 1 is 1.27 bits per heavy atom. The zero-order valence-electron chi connectivity index (χ0n) is 12.8. The summed E-state index contributed by atoms with van der Waals surface area (Å²) >= 11 is 0. The quantitative estimate of drug-likeness (QED) is 0.888. The predicted molar refractivity (Wildman–Crippen MR) is 83.9 cm³/mol. The summed E-state index contributed by atoms with van der Waals surface area (Å²) in [7, 11) is 0. The monoisotopic (exact) mass is 301 g/mol. The highest BCUT2D eigenvalue weighted by Crippen LogP contribution is 2.23. The molecule has 0 saturated heterocycles. The second-order valence-electron chi connectivity index (χ2n) is 5.24. The normalized spacial score (nSPS) is 10.7. The maximum absolute atomic E-state index is 11.3. The Kier molecular flexibility index (Phi) is 4.60. The number of carboxylic acids is 1. The van der Waals surface area contributed by atoms with E-state index in [4.69, 9.17) is 0 Å². The van der Waals surface area contributed by atoms with Crippen LogP contribution >= 0.6 is 0 Å². The number of carbonyl (C=O) groups is 2. The zero-order chi connectivity index (χ0) is 16.3. The summed E-state index contributed by atoms with van der Waals surface area (Å²) in [5.41, 5.74) is 2.27. The molecule has 0 bridgehead atoms. The molecule has 1 aromatic heterocycles. The average molecular weight is 301 g/mol. The Hall–Kier alpha value is -2.63. The van der Waals surface area contributed by atoms with Gasteiger partial charge in [0, 0.05) is 23.7 Å². The highest BCUT2D eigenvalue weighted by Gasteiger charge is 2.17. The number of aromatic carboxylic acids is 1.